The Hall–Kier alpha value is -1.20. The van der Waals surface area contributed by atoms with Crippen LogP contribution >= 0.6 is 11.3 Å². The van der Waals surface area contributed by atoms with Crippen LogP contribution in [0.1, 0.15) is 43.0 Å². The molecule has 2 aromatic heterocycles. The molecule has 4 nitrogen and oxygen atoms in total. The van der Waals surface area contributed by atoms with Crippen LogP contribution in [0.5, 0.6) is 0 Å². The molecule has 1 aliphatic carbocycles. The molecular weight excluding hydrogens is 294 g/mol. The van der Waals surface area contributed by atoms with Gasteiger partial charge in [-0.05, 0) is 51.0 Å². The highest BCUT2D eigenvalue weighted by Gasteiger charge is 2.26. The quantitative estimate of drug-likeness (QED) is 0.867. The van der Waals surface area contributed by atoms with Crippen LogP contribution in [0.4, 0.5) is 5.82 Å². The van der Waals surface area contributed by atoms with Crippen molar-refractivity contribution in [3.8, 4) is 0 Å². The minimum Gasteiger partial charge on any atom is -0.377 e. The van der Waals surface area contributed by atoms with Crippen LogP contribution in [0, 0.1) is 0 Å². The fraction of sp³-hybridized carbons (Fsp3) is 0.647. The molecule has 1 atom stereocenters. The first kappa shape index (κ1) is 14.4. The number of rotatable bonds is 3. The first-order valence-corrected chi connectivity index (χ1v) is 9.30. The van der Waals surface area contributed by atoms with Crippen LogP contribution in [0.2, 0.25) is 0 Å². The summed E-state index contributed by atoms with van der Waals surface area (Å²) in [6.45, 7) is 4.92. The number of fused-ring (bicyclic) bond motifs is 3. The summed E-state index contributed by atoms with van der Waals surface area (Å²) >= 11 is 1.88. The van der Waals surface area contributed by atoms with E-state index in [4.69, 9.17) is 4.74 Å². The fourth-order valence-corrected chi connectivity index (χ4v) is 5.04. The molecule has 4 rings (SSSR count). The lowest BCUT2D eigenvalue weighted by molar-refractivity contribution is 0.0525. The summed E-state index contributed by atoms with van der Waals surface area (Å²) in [6.07, 6.45) is 9.47. The zero-order valence-corrected chi connectivity index (χ0v) is 14.0. The maximum Gasteiger partial charge on any atom is 0.141 e. The number of aryl methyl sites for hydroxylation is 2. The molecule has 1 saturated heterocycles. The average molecular weight is 317 g/mol. The zero-order chi connectivity index (χ0) is 14.9. The second-order valence-corrected chi connectivity index (χ2v) is 7.34. The summed E-state index contributed by atoms with van der Waals surface area (Å²) in [5.41, 5.74) is 1.53. The van der Waals surface area contributed by atoms with Gasteiger partial charge in [-0.3, -0.25) is 0 Å². The predicted molar refractivity (Wildman–Crippen MR) is 90.9 cm³/mol. The third-order valence-electron chi connectivity index (χ3n) is 4.81. The van der Waals surface area contributed by atoms with Gasteiger partial charge in [-0.1, -0.05) is 0 Å². The second kappa shape index (κ2) is 6.13. The first-order chi connectivity index (χ1) is 10.9. The summed E-state index contributed by atoms with van der Waals surface area (Å²) in [4.78, 5) is 14.4. The molecule has 0 aromatic carbocycles. The van der Waals surface area contributed by atoms with E-state index in [1.807, 2.05) is 11.3 Å². The zero-order valence-electron chi connectivity index (χ0n) is 13.2. The SMILES string of the molecule is CCOC1CCCN(c2ncnc3sc4c(c23)CCCC4)C1. The van der Waals surface area contributed by atoms with E-state index < -0.39 is 0 Å². The molecule has 0 radical (unpaired) electrons. The van der Waals surface area contributed by atoms with Crippen LogP contribution in [-0.4, -0.2) is 35.8 Å². The molecule has 0 saturated carbocycles. The van der Waals surface area contributed by atoms with E-state index in [0.717, 1.165) is 25.5 Å². The van der Waals surface area contributed by atoms with Crippen LogP contribution in [0.3, 0.4) is 0 Å². The van der Waals surface area contributed by atoms with Crippen molar-refractivity contribution in [1.82, 2.24) is 9.97 Å². The number of anilines is 1. The van der Waals surface area contributed by atoms with E-state index in [0.29, 0.717) is 6.10 Å². The molecule has 0 N–H and O–H groups in total. The van der Waals surface area contributed by atoms with Gasteiger partial charge in [0.25, 0.3) is 0 Å². The minimum atomic E-state index is 0.346. The molecule has 1 unspecified atom stereocenters. The van der Waals surface area contributed by atoms with E-state index >= 15 is 0 Å². The van der Waals surface area contributed by atoms with Gasteiger partial charge < -0.3 is 9.64 Å². The Labute approximate surface area is 135 Å². The monoisotopic (exact) mass is 317 g/mol. The van der Waals surface area contributed by atoms with Crippen molar-refractivity contribution in [3.05, 3.63) is 16.8 Å². The highest BCUT2D eigenvalue weighted by molar-refractivity contribution is 7.19. The van der Waals surface area contributed by atoms with Crippen LogP contribution in [-0.2, 0) is 17.6 Å². The molecule has 22 heavy (non-hydrogen) atoms. The largest absolute Gasteiger partial charge is 0.377 e. The van der Waals surface area contributed by atoms with Crippen molar-refractivity contribution in [1.29, 1.82) is 0 Å². The standard InChI is InChI=1S/C17H23N3OS/c1-2-21-12-6-5-9-20(10-12)16-15-13-7-3-4-8-14(13)22-17(15)19-11-18-16/h11-12H,2-10H2,1H3. The summed E-state index contributed by atoms with van der Waals surface area (Å²) in [7, 11) is 0. The Morgan fingerprint density at radius 3 is 3.09 bits per heavy atom. The van der Waals surface area contributed by atoms with Gasteiger partial charge in [0.15, 0.2) is 0 Å². The Morgan fingerprint density at radius 2 is 2.18 bits per heavy atom. The minimum absolute atomic E-state index is 0.346. The normalized spacial score (nSPS) is 22.0. The van der Waals surface area contributed by atoms with Gasteiger partial charge in [-0.25, -0.2) is 9.97 Å². The third kappa shape index (κ3) is 2.50. The lowest BCUT2D eigenvalue weighted by Crippen LogP contribution is -2.40. The van der Waals surface area contributed by atoms with Crippen LogP contribution < -0.4 is 4.90 Å². The van der Waals surface area contributed by atoms with Crippen LogP contribution in [0.25, 0.3) is 10.2 Å². The van der Waals surface area contributed by atoms with Gasteiger partial charge in [0.1, 0.15) is 17.0 Å². The number of hydrogen-bond donors (Lipinski definition) is 0. The highest BCUT2D eigenvalue weighted by atomic mass is 32.1. The summed E-state index contributed by atoms with van der Waals surface area (Å²) < 4.78 is 5.86. The molecule has 5 heteroatoms. The third-order valence-corrected chi connectivity index (χ3v) is 6.01. The number of aromatic nitrogens is 2. The molecule has 2 aliphatic rings. The molecular formula is C17H23N3OS. The number of piperidine rings is 1. The molecule has 3 heterocycles. The van der Waals surface area contributed by atoms with Crippen molar-refractivity contribution in [3.63, 3.8) is 0 Å². The van der Waals surface area contributed by atoms with Gasteiger partial charge >= 0.3 is 0 Å². The molecule has 1 fully saturated rings. The van der Waals surface area contributed by atoms with Crippen molar-refractivity contribution in [2.24, 2.45) is 0 Å². The second-order valence-electron chi connectivity index (χ2n) is 6.25. The first-order valence-electron chi connectivity index (χ1n) is 8.48. The molecule has 2 aromatic rings. The van der Waals surface area contributed by atoms with Gasteiger partial charge in [0.05, 0.1) is 11.5 Å². The maximum atomic E-state index is 5.86. The molecule has 0 bridgehead atoms. The summed E-state index contributed by atoms with van der Waals surface area (Å²) in [5.74, 6) is 1.15. The number of nitrogens with zero attached hydrogens (tertiary/aromatic N) is 3. The number of hydrogen-bond acceptors (Lipinski definition) is 5. The summed E-state index contributed by atoms with van der Waals surface area (Å²) in [6, 6.07) is 0. The van der Waals surface area contributed by atoms with E-state index in [2.05, 4.69) is 21.8 Å². The topological polar surface area (TPSA) is 38.2 Å². The molecule has 0 amide bonds. The van der Waals surface area contributed by atoms with E-state index in [9.17, 15) is 0 Å². The Bertz CT molecular complexity index is 667. The van der Waals surface area contributed by atoms with Crippen molar-refractivity contribution in [2.75, 3.05) is 24.6 Å². The van der Waals surface area contributed by atoms with Gasteiger partial charge in [-0.15, -0.1) is 11.3 Å². The Balaban J connectivity index is 1.73. The van der Waals surface area contributed by atoms with Crippen molar-refractivity contribution < 1.29 is 4.74 Å². The van der Waals surface area contributed by atoms with Gasteiger partial charge in [0.2, 0.25) is 0 Å². The molecule has 118 valence electrons. The Morgan fingerprint density at radius 1 is 1.27 bits per heavy atom. The lowest BCUT2D eigenvalue weighted by Gasteiger charge is -2.33. The molecule has 0 spiro atoms. The predicted octanol–water partition coefficient (Wildman–Crippen LogP) is 3.58. The van der Waals surface area contributed by atoms with Crippen molar-refractivity contribution in [2.45, 2.75) is 51.6 Å². The van der Waals surface area contributed by atoms with E-state index in [-0.39, 0.29) is 0 Å². The van der Waals surface area contributed by atoms with Crippen LogP contribution in [0.15, 0.2) is 6.33 Å². The summed E-state index contributed by atoms with van der Waals surface area (Å²) in [5, 5.41) is 1.33. The Kier molecular flexibility index (Phi) is 4.01. The maximum absolute atomic E-state index is 5.86. The van der Waals surface area contributed by atoms with Gasteiger partial charge in [0, 0.05) is 24.6 Å². The van der Waals surface area contributed by atoms with Gasteiger partial charge in [-0.2, -0.15) is 0 Å². The lowest BCUT2D eigenvalue weighted by atomic mass is 9.96. The number of ether oxygens (including phenoxy) is 1. The fourth-order valence-electron chi connectivity index (χ4n) is 3.82. The average Bonchev–Trinajstić information content (AvgIpc) is 2.94. The smallest absolute Gasteiger partial charge is 0.141 e. The van der Waals surface area contributed by atoms with E-state index in [1.54, 1.807) is 11.2 Å². The molecule has 1 aliphatic heterocycles. The highest BCUT2D eigenvalue weighted by Crippen LogP contribution is 2.39. The van der Waals surface area contributed by atoms with E-state index in [1.165, 1.54) is 54.3 Å². The number of thiophene rings is 1. The van der Waals surface area contributed by atoms with Crippen molar-refractivity contribution >= 4 is 27.4 Å².